The molecule has 1 aromatic carbocycles. The second-order valence-electron chi connectivity index (χ2n) is 4.54. The third-order valence-corrected chi connectivity index (χ3v) is 3.17. The Morgan fingerprint density at radius 2 is 2.10 bits per heavy atom. The zero-order chi connectivity index (χ0) is 14.8. The van der Waals surface area contributed by atoms with Crippen LogP contribution < -0.4 is 9.64 Å². The number of oxazole rings is 1. The summed E-state index contributed by atoms with van der Waals surface area (Å²) in [5.74, 6) is 1.57. The number of benzene rings is 1. The monoisotopic (exact) mass is 286 g/mol. The number of carbonyl (C=O) groups is 1. The van der Waals surface area contributed by atoms with Crippen LogP contribution in [0.2, 0.25) is 0 Å². The van der Waals surface area contributed by atoms with Crippen LogP contribution in [0.15, 0.2) is 53.2 Å². The van der Waals surface area contributed by atoms with Crippen LogP contribution >= 0.6 is 0 Å². The summed E-state index contributed by atoms with van der Waals surface area (Å²) >= 11 is 0. The van der Waals surface area contributed by atoms with Crippen LogP contribution in [0, 0.1) is 0 Å². The number of carbonyl (C=O) groups excluding carboxylic acids is 1. The molecule has 2 heterocycles. The predicted octanol–water partition coefficient (Wildman–Crippen LogP) is 2.65. The van der Waals surface area contributed by atoms with Gasteiger partial charge in [-0.25, -0.2) is 4.98 Å². The average Bonchev–Trinajstić information content (AvgIpc) is 2.96. The lowest BCUT2D eigenvalue weighted by Crippen LogP contribution is -2.35. The molecule has 1 unspecified atom stereocenters. The van der Waals surface area contributed by atoms with E-state index in [1.54, 1.807) is 19.5 Å². The van der Waals surface area contributed by atoms with Gasteiger partial charge in [0.05, 0.1) is 13.3 Å². The maximum atomic E-state index is 11.1. The summed E-state index contributed by atoms with van der Waals surface area (Å²) in [5.41, 5.74) is 0.938. The number of methoxy groups -OCH3 is 1. The fourth-order valence-electron chi connectivity index (χ4n) is 2.20. The molecule has 3 rings (SSSR count). The van der Waals surface area contributed by atoms with Gasteiger partial charge in [0, 0.05) is 18.8 Å². The minimum absolute atomic E-state index is 0.287. The van der Waals surface area contributed by atoms with E-state index in [0.717, 1.165) is 11.4 Å². The molecule has 108 valence electrons. The van der Waals surface area contributed by atoms with Crippen LogP contribution in [-0.2, 0) is 9.53 Å². The minimum Gasteiger partial charge on any atom is -0.497 e. The van der Waals surface area contributed by atoms with E-state index in [2.05, 4.69) is 4.98 Å². The topological polar surface area (TPSA) is 64.8 Å². The largest absolute Gasteiger partial charge is 0.497 e. The summed E-state index contributed by atoms with van der Waals surface area (Å²) < 4.78 is 15.7. The Kier molecular flexibility index (Phi) is 3.35. The van der Waals surface area contributed by atoms with E-state index >= 15 is 0 Å². The highest BCUT2D eigenvalue weighted by atomic mass is 16.5. The molecule has 0 N–H and O–H groups in total. The van der Waals surface area contributed by atoms with Gasteiger partial charge in [0.1, 0.15) is 5.75 Å². The molecule has 6 heteroatoms. The standard InChI is InChI=1S/C15H14N2O4/c1-10(18)21-14-8-17(15(14)13-7-16-9-20-13)11-3-5-12(19-2)6-4-11/h3-9,15H,1-2H3. The van der Waals surface area contributed by atoms with E-state index in [4.69, 9.17) is 13.9 Å². The van der Waals surface area contributed by atoms with E-state index in [9.17, 15) is 4.79 Å². The number of rotatable bonds is 4. The first-order chi connectivity index (χ1) is 10.2. The summed E-state index contributed by atoms with van der Waals surface area (Å²) in [4.78, 5) is 17.0. The van der Waals surface area contributed by atoms with Gasteiger partial charge in [0.25, 0.3) is 0 Å². The van der Waals surface area contributed by atoms with Crippen LogP contribution in [0.3, 0.4) is 0 Å². The summed E-state index contributed by atoms with van der Waals surface area (Å²) in [6.07, 6.45) is 4.72. The van der Waals surface area contributed by atoms with Gasteiger partial charge in [0.15, 0.2) is 24.0 Å². The highest BCUT2D eigenvalue weighted by molar-refractivity contribution is 5.69. The van der Waals surface area contributed by atoms with Crippen LogP contribution in [0.25, 0.3) is 0 Å². The third kappa shape index (κ3) is 2.47. The van der Waals surface area contributed by atoms with Crippen LogP contribution in [0.5, 0.6) is 5.75 Å². The lowest BCUT2D eigenvalue weighted by molar-refractivity contribution is -0.137. The van der Waals surface area contributed by atoms with Crippen LogP contribution in [0.4, 0.5) is 5.69 Å². The number of hydrogen-bond acceptors (Lipinski definition) is 6. The molecule has 0 radical (unpaired) electrons. The molecule has 1 atom stereocenters. The van der Waals surface area contributed by atoms with Crippen molar-refractivity contribution in [2.24, 2.45) is 0 Å². The number of aromatic nitrogens is 1. The van der Waals surface area contributed by atoms with Crippen molar-refractivity contribution in [1.82, 2.24) is 4.98 Å². The van der Waals surface area contributed by atoms with Crippen molar-refractivity contribution in [2.45, 2.75) is 13.0 Å². The molecule has 21 heavy (non-hydrogen) atoms. The van der Waals surface area contributed by atoms with Gasteiger partial charge in [-0.15, -0.1) is 0 Å². The van der Waals surface area contributed by atoms with Crippen molar-refractivity contribution in [2.75, 3.05) is 12.0 Å². The Morgan fingerprint density at radius 1 is 1.33 bits per heavy atom. The van der Waals surface area contributed by atoms with Gasteiger partial charge in [-0.2, -0.15) is 0 Å². The van der Waals surface area contributed by atoms with Gasteiger partial charge in [-0.3, -0.25) is 4.79 Å². The van der Waals surface area contributed by atoms with Crippen molar-refractivity contribution in [1.29, 1.82) is 0 Å². The number of esters is 1. The zero-order valence-electron chi connectivity index (χ0n) is 11.6. The Balaban J connectivity index is 1.89. The van der Waals surface area contributed by atoms with Crippen LogP contribution in [-0.4, -0.2) is 18.1 Å². The summed E-state index contributed by atoms with van der Waals surface area (Å²) in [5, 5.41) is 0. The second-order valence-corrected chi connectivity index (χ2v) is 4.54. The van der Waals surface area contributed by atoms with E-state index < -0.39 is 0 Å². The van der Waals surface area contributed by atoms with E-state index in [-0.39, 0.29) is 12.0 Å². The average molecular weight is 286 g/mol. The number of ether oxygens (including phenoxy) is 2. The quantitative estimate of drug-likeness (QED) is 0.805. The molecule has 0 fully saturated rings. The van der Waals surface area contributed by atoms with Gasteiger partial charge in [-0.1, -0.05) is 0 Å². The van der Waals surface area contributed by atoms with Crippen molar-refractivity contribution in [3.63, 3.8) is 0 Å². The first kappa shape index (κ1) is 13.2. The lowest BCUT2D eigenvalue weighted by Gasteiger charge is -2.38. The van der Waals surface area contributed by atoms with Crippen molar-refractivity contribution in [3.8, 4) is 5.75 Å². The Bertz CT molecular complexity index is 661. The van der Waals surface area contributed by atoms with E-state index in [0.29, 0.717) is 11.5 Å². The number of anilines is 1. The summed E-state index contributed by atoms with van der Waals surface area (Å²) in [7, 11) is 1.62. The SMILES string of the molecule is COc1ccc(N2C=C(OC(C)=O)C2c2cnco2)cc1. The molecule has 6 nitrogen and oxygen atoms in total. The van der Waals surface area contributed by atoms with Gasteiger partial charge in [-0.05, 0) is 24.3 Å². The fraction of sp³-hybridized carbons (Fsp3) is 0.200. The lowest BCUT2D eigenvalue weighted by atomic mass is 10.0. The summed E-state index contributed by atoms with van der Waals surface area (Å²) in [6, 6.07) is 7.28. The smallest absolute Gasteiger partial charge is 0.307 e. The predicted molar refractivity (Wildman–Crippen MR) is 74.6 cm³/mol. The van der Waals surface area contributed by atoms with Crippen molar-refractivity contribution in [3.05, 3.63) is 54.6 Å². The summed E-state index contributed by atoms with van der Waals surface area (Å²) in [6.45, 7) is 1.37. The van der Waals surface area contributed by atoms with Gasteiger partial charge < -0.3 is 18.8 Å². The van der Waals surface area contributed by atoms with Gasteiger partial charge in [0.2, 0.25) is 0 Å². The minimum atomic E-state index is -0.361. The molecule has 1 aliphatic rings. The molecule has 1 aromatic heterocycles. The molecule has 0 aliphatic carbocycles. The van der Waals surface area contributed by atoms with Gasteiger partial charge >= 0.3 is 5.97 Å². The Morgan fingerprint density at radius 3 is 2.67 bits per heavy atom. The third-order valence-electron chi connectivity index (χ3n) is 3.17. The molecular formula is C15H14N2O4. The maximum absolute atomic E-state index is 11.1. The highest BCUT2D eigenvalue weighted by Gasteiger charge is 2.37. The fourth-order valence-corrected chi connectivity index (χ4v) is 2.20. The Hall–Kier alpha value is -2.76. The number of nitrogens with zero attached hydrogens (tertiary/aromatic N) is 2. The first-order valence-corrected chi connectivity index (χ1v) is 6.40. The van der Waals surface area contributed by atoms with E-state index in [1.807, 2.05) is 29.2 Å². The highest BCUT2D eigenvalue weighted by Crippen LogP contribution is 2.41. The van der Waals surface area contributed by atoms with Crippen molar-refractivity contribution < 1.29 is 18.7 Å². The van der Waals surface area contributed by atoms with E-state index in [1.165, 1.54) is 13.3 Å². The normalized spacial score (nSPS) is 17.0. The van der Waals surface area contributed by atoms with Crippen molar-refractivity contribution >= 4 is 11.7 Å². The second kappa shape index (κ2) is 5.32. The molecule has 0 spiro atoms. The molecule has 1 aliphatic heterocycles. The molecule has 0 amide bonds. The number of hydrogen-bond donors (Lipinski definition) is 0. The maximum Gasteiger partial charge on any atom is 0.307 e. The molecule has 0 saturated carbocycles. The molecule has 0 saturated heterocycles. The molecular weight excluding hydrogens is 272 g/mol. The Labute approximate surface area is 121 Å². The van der Waals surface area contributed by atoms with Crippen LogP contribution in [0.1, 0.15) is 18.7 Å². The zero-order valence-corrected chi connectivity index (χ0v) is 11.6. The molecule has 2 aromatic rings. The molecule has 0 bridgehead atoms. The first-order valence-electron chi connectivity index (χ1n) is 6.40.